The van der Waals surface area contributed by atoms with Gasteiger partial charge < -0.3 is 14.7 Å². The van der Waals surface area contributed by atoms with Gasteiger partial charge in [0, 0.05) is 6.54 Å². The van der Waals surface area contributed by atoms with Crippen molar-refractivity contribution < 1.29 is 14.6 Å². The summed E-state index contributed by atoms with van der Waals surface area (Å²) in [4.78, 5) is 12.1. The van der Waals surface area contributed by atoms with E-state index in [9.17, 15) is 4.79 Å². The quantitative estimate of drug-likeness (QED) is 0.565. The first-order valence-electron chi connectivity index (χ1n) is 3.90. The molecule has 2 saturated heterocycles. The van der Waals surface area contributed by atoms with Gasteiger partial charge in [-0.25, -0.2) is 4.79 Å². The first-order valence-corrected chi connectivity index (χ1v) is 3.90. The third kappa shape index (κ3) is 1.18. The molecule has 0 spiro atoms. The predicted octanol–water partition coefficient (Wildman–Crippen LogP) is 0.528. The summed E-state index contributed by atoms with van der Waals surface area (Å²) in [5.74, 6) is 0. The van der Waals surface area contributed by atoms with Crippen molar-refractivity contribution in [3.8, 4) is 0 Å². The van der Waals surface area contributed by atoms with E-state index >= 15 is 0 Å². The van der Waals surface area contributed by atoms with E-state index in [2.05, 4.69) is 0 Å². The monoisotopic (exact) mass is 157 g/mol. The Morgan fingerprint density at radius 1 is 1.64 bits per heavy atom. The van der Waals surface area contributed by atoms with Crippen LogP contribution in [0.3, 0.4) is 0 Å². The van der Waals surface area contributed by atoms with Gasteiger partial charge in [0.15, 0.2) is 0 Å². The molecule has 1 amide bonds. The second kappa shape index (κ2) is 2.37. The minimum atomic E-state index is -0.803. The molecule has 0 aromatic heterocycles. The van der Waals surface area contributed by atoms with E-state index in [1.165, 1.54) is 4.90 Å². The maximum absolute atomic E-state index is 10.6. The Labute approximate surface area is 64.7 Å². The van der Waals surface area contributed by atoms with Gasteiger partial charge >= 0.3 is 6.09 Å². The van der Waals surface area contributed by atoms with Gasteiger partial charge in [-0.2, -0.15) is 0 Å². The lowest BCUT2D eigenvalue weighted by Crippen LogP contribution is -2.37. The van der Waals surface area contributed by atoms with E-state index in [0.717, 1.165) is 19.4 Å². The van der Waals surface area contributed by atoms with Gasteiger partial charge in [-0.15, -0.1) is 0 Å². The molecule has 11 heavy (non-hydrogen) atoms. The number of amides is 1. The molecule has 4 nitrogen and oxygen atoms in total. The highest BCUT2D eigenvalue weighted by Crippen LogP contribution is 2.27. The molecule has 2 aliphatic rings. The molecule has 2 rings (SSSR count). The molecular weight excluding hydrogens is 146 g/mol. The van der Waals surface area contributed by atoms with Gasteiger partial charge in [0.25, 0.3) is 0 Å². The molecule has 0 radical (unpaired) electrons. The summed E-state index contributed by atoms with van der Waals surface area (Å²) in [6.07, 6.45) is 1.35. The van der Waals surface area contributed by atoms with Gasteiger partial charge in [0.05, 0.1) is 12.6 Å². The van der Waals surface area contributed by atoms with Crippen molar-refractivity contribution in [2.75, 3.05) is 13.2 Å². The summed E-state index contributed by atoms with van der Waals surface area (Å²) in [6, 6.07) is 0.146. The number of nitrogens with zero attached hydrogens (tertiary/aromatic N) is 1. The Bertz CT molecular complexity index is 179. The van der Waals surface area contributed by atoms with Crippen molar-refractivity contribution >= 4 is 6.09 Å². The fourth-order valence-corrected chi connectivity index (χ4v) is 1.69. The Morgan fingerprint density at radius 2 is 2.36 bits per heavy atom. The van der Waals surface area contributed by atoms with Gasteiger partial charge in [-0.3, -0.25) is 0 Å². The van der Waals surface area contributed by atoms with Gasteiger partial charge in [-0.1, -0.05) is 0 Å². The van der Waals surface area contributed by atoms with Crippen LogP contribution in [-0.2, 0) is 4.74 Å². The molecule has 0 aromatic carbocycles. The number of ether oxygens (including phenoxy) is 1. The van der Waals surface area contributed by atoms with Crippen molar-refractivity contribution in [3.63, 3.8) is 0 Å². The summed E-state index contributed by atoms with van der Waals surface area (Å²) >= 11 is 0. The predicted molar refractivity (Wildman–Crippen MR) is 37.5 cm³/mol. The SMILES string of the molecule is O=C(O)N1CCC[C@H]1C1CO1. The minimum Gasteiger partial charge on any atom is -0.465 e. The van der Waals surface area contributed by atoms with Crippen LogP contribution in [0.2, 0.25) is 0 Å². The first kappa shape index (κ1) is 6.91. The number of carbonyl (C=O) groups is 1. The summed E-state index contributed by atoms with van der Waals surface area (Å²) in [5.41, 5.74) is 0. The molecule has 4 heteroatoms. The minimum absolute atomic E-state index is 0.146. The molecule has 62 valence electrons. The number of rotatable bonds is 1. The van der Waals surface area contributed by atoms with E-state index < -0.39 is 6.09 Å². The Morgan fingerprint density at radius 3 is 2.91 bits per heavy atom. The molecule has 2 atom stereocenters. The molecule has 2 aliphatic heterocycles. The van der Waals surface area contributed by atoms with Gasteiger partial charge in [0.1, 0.15) is 6.10 Å². The zero-order chi connectivity index (χ0) is 7.84. The molecule has 1 unspecified atom stereocenters. The van der Waals surface area contributed by atoms with E-state index in [-0.39, 0.29) is 12.1 Å². The van der Waals surface area contributed by atoms with E-state index in [0.29, 0.717) is 6.54 Å². The van der Waals surface area contributed by atoms with E-state index in [4.69, 9.17) is 9.84 Å². The number of epoxide rings is 1. The summed E-state index contributed by atoms with van der Waals surface area (Å²) in [5, 5.41) is 8.73. The molecule has 0 aliphatic carbocycles. The Hall–Kier alpha value is -0.770. The number of hydrogen-bond acceptors (Lipinski definition) is 2. The fourth-order valence-electron chi connectivity index (χ4n) is 1.69. The van der Waals surface area contributed by atoms with Crippen molar-refractivity contribution in [3.05, 3.63) is 0 Å². The van der Waals surface area contributed by atoms with Crippen LogP contribution in [-0.4, -0.2) is 41.4 Å². The van der Waals surface area contributed by atoms with Crippen molar-refractivity contribution in [2.45, 2.75) is 25.0 Å². The van der Waals surface area contributed by atoms with Crippen LogP contribution in [0, 0.1) is 0 Å². The topological polar surface area (TPSA) is 53.1 Å². The molecule has 2 fully saturated rings. The normalized spacial score (nSPS) is 35.8. The maximum atomic E-state index is 10.6. The van der Waals surface area contributed by atoms with E-state index in [1.807, 2.05) is 0 Å². The lowest BCUT2D eigenvalue weighted by atomic mass is 10.2. The standard InChI is InChI=1S/C7H11NO3/c9-7(10)8-3-1-2-5(8)6-4-11-6/h5-6H,1-4H2,(H,9,10)/t5-,6?/m0/s1. The molecule has 0 aromatic rings. The smallest absolute Gasteiger partial charge is 0.407 e. The lowest BCUT2D eigenvalue weighted by molar-refractivity contribution is 0.132. The van der Waals surface area contributed by atoms with Crippen LogP contribution in [0.25, 0.3) is 0 Å². The number of hydrogen-bond donors (Lipinski definition) is 1. The molecule has 2 heterocycles. The molecule has 1 N–H and O–H groups in total. The average molecular weight is 157 g/mol. The fraction of sp³-hybridized carbons (Fsp3) is 0.857. The highest BCUT2D eigenvalue weighted by Gasteiger charge is 2.41. The summed E-state index contributed by atoms with van der Waals surface area (Å²) in [6.45, 7) is 1.42. The molecule has 0 bridgehead atoms. The second-order valence-corrected chi connectivity index (χ2v) is 3.06. The first-order chi connectivity index (χ1) is 5.29. The highest BCUT2D eigenvalue weighted by atomic mass is 16.6. The van der Waals surface area contributed by atoms with Crippen LogP contribution in [0.15, 0.2) is 0 Å². The van der Waals surface area contributed by atoms with E-state index in [1.54, 1.807) is 0 Å². The average Bonchev–Trinajstić information content (AvgIpc) is 2.68. The summed E-state index contributed by atoms with van der Waals surface area (Å²) in [7, 11) is 0. The zero-order valence-corrected chi connectivity index (χ0v) is 6.19. The number of carboxylic acid groups (broad SMARTS) is 1. The largest absolute Gasteiger partial charge is 0.465 e. The van der Waals surface area contributed by atoms with Crippen molar-refractivity contribution in [1.29, 1.82) is 0 Å². The van der Waals surface area contributed by atoms with Crippen LogP contribution in [0.4, 0.5) is 4.79 Å². The Kier molecular flexibility index (Phi) is 1.49. The van der Waals surface area contributed by atoms with Gasteiger partial charge in [0.2, 0.25) is 0 Å². The van der Waals surface area contributed by atoms with Crippen LogP contribution in [0.1, 0.15) is 12.8 Å². The summed E-state index contributed by atoms with van der Waals surface area (Å²) < 4.78 is 5.07. The number of likely N-dealkylation sites (tertiary alicyclic amines) is 1. The van der Waals surface area contributed by atoms with Crippen LogP contribution in [0.5, 0.6) is 0 Å². The van der Waals surface area contributed by atoms with Crippen LogP contribution < -0.4 is 0 Å². The third-order valence-electron chi connectivity index (χ3n) is 2.33. The van der Waals surface area contributed by atoms with Gasteiger partial charge in [-0.05, 0) is 12.8 Å². The van der Waals surface area contributed by atoms with Crippen LogP contribution >= 0.6 is 0 Å². The highest BCUT2D eigenvalue weighted by molar-refractivity contribution is 5.66. The Balaban J connectivity index is 2.01. The maximum Gasteiger partial charge on any atom is 0.407 e. The third-order valence-corrected chi connectivity index (χ3v) is 2.33. The molecule has 0 saturated carbocycles. The van der Waals surface area contributed by atoms with Crippen molar-refractivity contribution in [1.82, 2.24) is 4.90 Å². The zero-order valence-electron chi connectivity index (χ0n) is 6.19. The molecular formula is C7H11NO3. The second-order valence-electron chi connectivity index (χ2n) is 3.06. The lowest BCUT2D eigenvalue weighted by Gasteiger charge is -2.18. The van der Waals surface area contributed by atoms with Crippen molar-refractivity contribution in [2.24, 2.45) is 0 Å².